The third-order valence-electron chi connectivity index (χ3n) is 4.03. The van der Waals surface area contributed by atoms with Gasteiger partial charge in [-0.05, 0) is 49.6 Å². The molecule has 0 spiro atoms. The van der Waals surface area contributed by atoms with E-state index in [4.69, 9.17) is 5.73 Å². The molecule has 0 aromatic heterocycles. The summed E-state index contributed by atoms with van der Waals surface area (Å²) in [5.74, 6) is 0.623. The highest BCUT2D eigenvalue weighted by molar-refractivity contribution is 9.10. The number of anilines is 1. The van der Waals surface area contributed by atoms with E-state index in [0.29, 0.717) is 31.1 Å². The first-order valence-electron chi connectivity index (χ1n) is 7.86. The van der Waals surface area contributed by atoms with Crippen molar-refractivity contribution >= 4 is 33.6 Å². The molecule has 1 aromatic carbocycles. The minimum absolute atomic E-state index is 0.0874. The van der Waals surface area contributed by atoms with Crippen molar-refractivity contribution in [2.24, 2.45) is 11.7 Å². The molecule has 2 rings (SSSR count). The van der Waals surface area contributed by atoms with Gasteiger partial charge in [0.1, 0.15) is 0 Å². The molecule has 1 aromatic rings. The van der Waals surface area contributed by atoms with Gasteiger partial charge in [-0.15, -0.1) is 0 Å². The standard InChI is InChI=1S/C16H23BrN4O2/c17-13-1-3-14(4-2-13)20-16(23)19-8-5-15(22)21-9-6-12(11-18)7-10-21/h1-4,12H,5-11,18H2,(H2,19,20,23). The van der Waals surface area contributed by atoms with Crippen molar-refractivity contribution in [2.45, 2.75) is 19.3 Å². The van der Waals surface area contributed by atoms with E-state index < -0.39 is 0 Å². The molecule has 1 fully saturated rings. The van der Waals surface area contributed by atoms with Gasteiger partial charge in [-0.2, -0.15) is 0 Å². The first-order chi connectivity index (χ1) is 11.1. The van der Waals surface area contributed by atoms with E-state index in [9.17, 15) is 9.59 Å². The molecule has 0 radical (unpaired) electrons. The van der Waals surface area contributed by atoms with Crippen molar-refractivity contribution < 1.29 is 9.59 Å². The van der Waals surface area contributed by atoms with Crippen molar-refractivity contribution in [3.63, 3.8) is 0 Å². The molecule has 0 aliphatic carbocycles. The zero-order valence-corrected chi connectivity index (χ0v) is 14.6. The van der Waals surface area contributed by atoms with Gasteiger partial charge >= 0.3 is 6.03 Å². The number of nitrogens with one attached hydrogen (secondary N) is 2. The van der Waals surface area contributed by atoms with E-state index in [1.54, 1.807) is 12.1 Å². The predicted molar refractivity (Wildman–Crippen MR) is 94.1 cm³/mol. The smallest absolute Gasteiger partial charge is 0.319 e. The summed E-state index contributed by atoms with van der Waals surface area (Å²) in [6.45, 7) is 2.56. The highest BCUT2D eigenvalue weighted by Crippen LogP contribution is 2.16. The van der Waals surface area contributed by atoms with Crippen molar-refractivity contribution in [3.05, 3.63) is 28.7 Å². The molecule has 1 heterocycles. The van der Waals surface area contributed by atoms with Gasteiger partial charge in [0.25, 0.3) is 0 Å². The predicted octanol–water partition coefficient (Wildman–Crippen LogP) is 2.16. The van der Waals surface area contributed by atoms with E-state index >= 15 is 0 Å². The molecule has 0 unspecified atom stereocenters. The Balaban J connectivity index is 1.65. The number of carbonyl (C=O) groups is 2. The van der Waals surface area contributed by atoms with Gasteiger partial charge in [0.05, 0.1) is 0 Å². The normalized spacial score (nSPS) is 15.3. The average Bonchev–Trinajstić information content (AvgIpc) is 2.57. The van der Waals surface area contributed by atoms with Crippen molar-refractivity contribution in [2.75, 3.05) is 31.5 Å². The molecule has 7 heteroatoms. The number of amides is 3. The molecule has 3 amide bonds. The number of rotatable bonds is 5. The number of hydrogen-bond donors (Lipinski definition) is 3. The third-order valence-corrected chi connectivity index (χ3v) is 4.56. The highest BCUT2D eigenvalue weighted by Gasteiger charge is 2.21. The average molecular weight is 383 g/mol. The molecule has 1 aliphatic rings. The molecule has 4 N–H and O–H groups in total. The zero-order chi connectivity index (χ0) is 16.7. The SMILES string of the molecule is NCC1CCN(C(=O)CCNC(=O)Nc2ccc(Br)cc2)CC1. The fourth-order valence-corrected chi connectivity index (χ4v) is 2.83. The molecule has 1 saturated heterocycles. The number of hydrogen-bond acceptors (Lipinski definition) is 3. The summed E-state index contributed by atoms with van der Waals surface area (Å²) in [4.78, 5) is 25.7. The third kappa shape index (κ3) is 5.84. The lowest BCUT2D eigenvalue weighted by atomic mass is 9.97. The number of halogens is 1. The minimum atomic E-state index is -0.304. The second-order valence-electron chi connectivity index (χ2n) is 5.70. The summed E-state index contributed by atoms with van der Waals surface area (Å²) in [5.41, 5.74) is 6.36. The van der Waals surface area contributed by atoms with Gasteiger partial charge in [-0.1, -0.05) is 15.9 Å². The Morgan fingerprint density at radius 3 is 2.48 bits per heavy atom. The number of piperidine rings is 1. The molecule has 0 atom stereocenters. The number of urea groups is 1. The first-order valence-corrected chi connectivity index (χ1v) is 8.66. The fourth-order valence-electron chi connectivity index (χ4n) is 2.57. The maximum atomic E-state index is 12.1. The van der Waals surface area contributed by atoms with Crippen LogP contribution in [0.1, 0.15) is 19.3 Å². The van der Waals surface area contributed by atoms with E-state index in [1.165, 1.54) is 0 Å². The Bertz CT molecular complexity index is 527. The zero-order valence-electron chi connectivity index (χ0n) is 13.1. The van der Waals surface area contributed by atoms with Crippen LogP contribution in [0.3, 0.4) is 0 Å². The van der Waals surface area contributed by atoms with Gasteiger partial charge in [0, 0.05) is 36.2 Å². The van der Waals surface area contributed by atoms with Crippen LogP contribution in [-0.2, 0) is 4.79 Å². The Morgan fingerprint density at radius 1 is 1.22 bits per heavy atom. The van der Waals surface area contributed by atoms with Gasteiger partial charge in [-0.3, -0.25) is 4.79 Å². The van der Waals surface area contributed by atoms with Crippen LogP contribution < -0.4 is 16.4 Å². The molecule has 6 nitrogen and oxygen atoms in total. The highest BCUT2D eigenvalue weighted by atomic mass is 79.9. The minimum Gasteiger partial charge on any atom is -0.343 e. The van der Waals surface area contributed by atoms with Gasteiger partial charge < -0.3 is 21.3 Å². The van der Waals surface area contributed by atoms with Crippen LogP contribution in [0.25, 0.3) is 0 Å². The Morgan fingerprint density at radius 2 is 1.87 bits per heavy atom. The van der Waals surface area contributed by atoms with Crippen LogP contribution in [0, 0.1) is 5.92 Å². The first kappa shape index (κ1) is 17.7. The van der Waals surface area contributed by atoms with Crippen LogP contribution >= 0.6 is 15.9 Å². The summed E-state index contributed by atoms with van der Waals surface area (Å²) in [6.07, 6.45) is 2.26. The lowest BCUT2D eigenvalue weighted by Gasteiger charge is -2.31. The van der Waals surface area contributed by atoms with Crippen LogP contribution in [0.5, 0.6) is 0 Å². The lowest BCUT2D eigenvalue weighted by molar-refractivity contribution is -0.132. The molecule has 1 aliphatic heterocycles. The van der Waals surface area contributed by atoms with E-state index in [1.807, 2.05) is 17.0 Å². The Kier molecular flexibility index (Phi) is 6.85. The Hall–Kier alpha value is -1.60. The Labute approximate surface area is 144 Å². The second-order valence-corrected chi connectivity index (χ2v) is 6.61. The van der Waals surface area contributed by atoms with E-state index in [-0.39, 0.29) is 11.9 Å². The monoisotopic (exact) mass is 382 g/mol. The topological polar surface area (TPSA) is 87.5 Å². The molecular formula is C16H23BrN4O2. The van der Waals surface area contributed by atoms with Crippen LogP contribution in [0.2, 0.25) is 0 Å². The van der Waals surface area contributed by atoms with Crippen molar-refractivity contribution in [1.29, 1.82) is 0 Å². The maximum Gasteiger partial charge on any atom is 0.319 e. The van der Waals surface area contributed by atoms with Crippen molar-refractivity contribution in [1.82, 2.24) is 10.2 Å². The largest absolute Gasteiger partial charge is 0.343 e. The number of benzene rings is 1. The van der Waals surface area contributed by atoms with E-state index in [0.717, 1.165) is 30.4 Å². The van der Waals surface area contributed by atoms with Crippen molar-refractivity contribution in [3.8, 4) is 0 Å². The fraction of sp³-hybridized carbons (Fsp3) is 0.500. The maximum absolute atomic E-state index is 12.1. The molecule has 0 saturated carbocycles. The summed E-state index contributed by atoms with van der Waals surface area (Å²) < 4.78 is 0.951. The summed E-state index contributed by atoms with van der Waals surface area (Å²) in [6, 6.07) is 7.00. The second kappa shape index (κ2) is 8.88. The summed E-state index contributed by atoms with van der Waals surface area (Å²) in [7, 11) is 0. The van der Waals surface area contributed by atoms with Crippen LogP contribution in [-0.4, -0.2) is 43.0 Å². The van der Waals surface area contributed by atoms with Gasteiger partial charge in [0.2, 0.25) is 5.91 Å². The summed E-state index contributed by atoms with van der Waals surface area (Å²) in [5, 5.41) is 5.43. The summed E-state index contributed by atoms with van der Waals surface area (Å²) >= 11 is 3.34. The van der Waals surface area contributed by atoms with E-state index in [2.05, 4.69) is 26.6 Å². The number of carbonyl (C=O) groups excluding carboxylic acids is 2. The van der Waals surface area contributed by atoms with Gasteiger partial charge in [-0.25, -0.2) is 4.79 Å². The molecule has 126 valence electrons. The molecular weight excluding hydrogens is 360 g/mol. The number of nitrogens with zero attached hydrogens (tertiary/aromatic N) is 1. The number of nitrogens with two attached hydrogens (primary N) is 1. The molecule has 0 bridgehead atoms. The van der Waals surface area contributed by atoms with Crippen LogP contribution in [0.4, 0.5) is 10.5 Å². The lowest BCUT2D eigenvalue weighted by Crippen LogP contribution is -2.41. The van der Waals surface area contributed by atoms with Crippen LogP contribution in [0.15, 0.2) is 28.7 Å². The van der Waals surface area contributed by atoms with Gasteiger partial charge in [0.15, 0.2) is 0 Å². The molecule has 23 heavy (non-hydrogen) atoms. The quantitative estimate of drug-likeness (QED) is 0.728. The number of likely N-dealkylation sites (tertiary alicyclic amines) is 1.